The Hall–Kier alpha value is -0.200. The lowest BCUT2D eigenvalue weighted by atomic mass is 9.91. The quantitative estimate of drug-likeness (QED) is 0.775. The number of hydrogen-bond donors (Lipinski definition) is 1. The van der Waals surface area contributed by atoms with Crippen LogP contribution in [0.25, 0.3) is 0 Å². The van der Waals surface area contributed by atoms with Crippen molar-refractivity contribution < 1.29 is 9.47 Å². The Labute approximate surface area is 116 Å². The number of nitrogens with zero attached hydrogens (tertiary/aromatic N) is 2. The van der Waals surface area contributed by atoms with Crippen molar-refractivity contribution in [1.29, 1.82) is 0 Å². The smallest absolute Gasteiger partial charge is 0.0594 e. The average Bonchev–Trinajstić information content (AvgIpc) is 2.88. The topological polar surface area (TPSA) is 51.0 Å². The van der Waals surface area contributed by atoms with Gasteiger partial charge >= 0.3 is 0 Å². The third-order valence-electron chi connectivity index (χ3n) is 4.84. The number of likely N-dealkylation sites (tertiary alicyclic amines) is 1. The summed E-state index contributed by atoms with van der Waals surface area (Å²) in [6.07, 6.45) is 3.30. The van der Waals surface area contributed by atoms with E-state index in [0.717, 1.165) is 58.9 Å². The summed E-state index contributed by atoms with van der Waals surface area (Å²) in [6.45, 7) is 9.07. The van der Waals surface area contributed by atoms with Crippen molar-refractivity contribution in [3.05, 3.63) is 0 Å². The SMILES string of the molecule is NC1(CN2CCC(N3CCOCC3)C2)CCOCC1. The molecule has 3 aliphatic heterocycles. The second-order valence-corrected chi connectivity index (χ2v) is 6.30. The minimum Gasteiger partial charge on any atom is -0.381 e. The number of ether oxygens (including phenoxy) is 2. The van der Waals surface area contributed by atoms with Crippen molar-refractivity contribution in [2.45, 2.75) is 30.8 Å². The number of nitrogens with two attached hydrogens (primary N) is 1. The zero-order valence-electron chi connectivity index (χ0n) is 11.9. The molecule has 2 N–H and O–H groups in total. The van der Waals surface area contributed by atoms with Crippen LogP contribution >= 0.6 is 0 Å². The van der Waals surface area contributed by atoms with Crippen LogP contribution in [-0.4, -0.2) is 80.5 Å². The van der Waals surface area contributed by atoms with Crippen LogP contribution in [0.2, 0.25) is 0 Å². The minimum atomic E-state index is -0.0157. The van der Waals surface area contributed by atoms with Crippen LogP contribution in [0.1, 0.15) is 19.3 Å². The van der Waals surface area contributed by atoms with Crippen LogP contribution < -0.4 is 5.73 Å². The van der Waals surface area contributed by atoms with Crippen LogP contribution in [0.5, 0.6) is 0 Å². The van der Waals surface area contributed by atoms with Crippen LogP contribution in [0.3, 0.4) is 0 Å². The second kappa shape index (κ2) is 6.06. The Balaban J connectivity index is 1.48. The van der Waals surface area contributed by atoms with Crippen molar-refractivity contribution in [2.24, 2.45) is 5.73 Å². The lowest BCUT2D eigenvalue weighted by Crippen LogP contribution is -2.53. The maximum Gasteiger partial charge on any atom is 0.0594 e. The van der Waals surface area contributed by atoms with E-state index in [-0.39, 0.29) is 5.54 Å². The van der Waals surface area contributed by atoms with Crippen molar-refractivity contribution in [3.8, 4) is 0 Å². The summed E-state index contributed by atoms with van der Waals surface area (Å²) in [4.78, 5) is 5.15. The molecule has 19 heavy (non-hydrogen) atoms. The van der Waals surface area contributed by atoms with Gasteiger partial charge in [-0.1, -0.05) is 0 Å². The van der Waals surface area contributed by atoms with E-state index < -0.39 is 0 Å². The molecule has 3 heterocycles. The molecule has 0 spiro atoms. The van der Waals surface area contributed by atoms with Gasteiger partial charge in [-0.15, -0.1) is 0 Å². The summed E-state index contributed by atoms with van der Waals surface area (Å²) in [7, 11) is 0. The van der Waals surface area contributed by atoms with Gasteiger partial charge in [0.15, 0.2) is 0 Å². The third-order valence-corrected chi connectivity index (χ3v) is 4.84. The lowest BCUT2D eigenvalue weighted by Gasteiger charge is -2.37. The van der Waals surface area contributed by atoms with E-state index in [1.54, 1.807) is 0 Å². The molecule has 3 fully saturated rings. The van der Waals surface area contributed by atoms with Gasteiger partial charge in [0.1, 0.15) is 0 Å². The van der Waals surface area contributed by atoms with Crippen LogP contribution in [0.4, 0.5) is 0 Å². The first-order chi connectivity index (χ1) is 9.25. The average molecular weight is 269 g/mol. The van der Waals surface area contributed by atoms with Gasteiger partial charge in [-0.3, -0.25) is 9.80 Å². The first-order valence-electron chi connectivity index (χ1n) is 7.66. The fourth-order valence-electron chi connectivity index (χ4n) is 3.58. The first-order valence-corrected chi connectivity index (χ1v) is 7.66. The van der Waals surface area contributed by atoms with Gasteiger partial charge in [-0.2, -0.15) is 0 Å². The fourth-order valence-corrected chi connectivity index (χ4v) is 3.58. The molecule has 110 valence electrons. The summed E-state index contributed by atoms with van der Waals surface area (Å²) >= 11 is 0. The highest BCUT2D eigenvalue weighted by Crippen LogP contribution is 2.23. The normalized spacial score (nSPS) is 33.6. The molecule has 5 heteroatoms. The van der Waals surface area contributed by atoms with E-state index in [4.69, 9.17) is 15.2 Å². The monoisotopic (exact) mass is 269 g/mol. The van der Waals surface area contributed by atoms with Crippen LogP contribution in [0, 0.1) is 0 Å². The van der Waals surface area contributed by atoms with Crippen molar-refractivity contribution in [2.75, 3.05) is 59.2 Å². The standard InChI is InChI=1S/C14H27N3O2/c15-14(2-7-18-8-3-14)12-16-4-1-13(11-16)17-5-9-19-10-6-17/h13H,1-12,15H2. The molecule has 0 aliphatic carbocycles. The molecule has 0 bridgehead atoms. The van der Waals surface area contributed by atoms with E-state index in [2.05, 4.69) is 9.80 Å². The fraction of sp³-hybridized carbons (Fsp3) is 1.00. The predicted octanol–water partition coefficient (Wildman–Crippen LogP) is -0.0992. The number of morpholine rings is 1. The molecule has 3 saturated heterocycles. The zero-order valence-corrected chi connectivity index (χ0v) is 11.9. The Bertz CT molecular complexity index is 288. The van der Waals surface area contributed by atoms with E-state index in [1.165, 1.54) is 19.5 Å². The maximum absolute atomic E-state index is 6.51. The highest BCUT2D eigenvalue weighted by molar-refractivity contribution is 4.93. The minimum absolute atomic E-state index is 0.0157. The summed E-state index contributed by atoms with van der Waals surface area (Å²) in [5, 5.41) is 0. The molecular formula is C14H27N3O2. The molecule has 0 aromatic rings. The summed E-state index contributed by atoms with van der Waals surface area (Å²) < 4.78 is 10.9. The van der Waals surface area contributed by atoms with Crippen molar-refractivity contribution in [1.82, 2.24) is 9.80 Å². The van der Waals surface area contributed by atoms with E-state index in [0.29, 0.717) is 6.04 Å². The largest absolute Gasteiger partial charge is 0.381 e. The highest BCUT2D eigenvalue weighted by Gasteiger charge is 2.35. The third kappa shape index (κ3) is 3.47. The molecule has 0 saturated carbocycles. The number of rotatable bonds is 3. The van der Waals surface area contributed by atoms with E-state index in [9.17, 15) is 0 Å². The summed E-state index contributed by atoms with van der Waals surface area (Å²) in [5.74, 6) is 0. The first kappa shape index (κ1) is 13.8. The maximum atomic E-state index is 6.51. The van der Waals surface area contributed by atoms with Gasteiger partial charge in [0.05, 0.1) is 13.2 Å². The molecule has 0 amide bonds. The molecule has 5 nitrogen and oxygen atoms in total. The molecule has 0 radical (unpaired) electrons. The Morgan fingerprint density at radius 2 is 1.68 bits per heavy atom. The van der Waals surface area contributed by atoms with Gasteiger partial charge < -0.3 is 15.2 Å². The highest BCUT2D eigenvalue weighted by atomic mass is 16.5. The van der Waals surface area contributed by atoms with Gasteiger partial charge in [0.25, 0.3) is 0 Å². The Morgan fingerprint density at radius 1 is 1.00 bits per heavy atom. The number of hydrogen-bond acceptors (Lipinski definition) is 5. The van der Waals surface area contributed by atoms with Gasteiger partial charge in [-0.25, -0.2) is 0 Å². The Morgan fingerprint density at radius 3 is 2.42 bits per heavy atom. The van der Waals surface area contributed by atoms with Gasteiger partial charge in [-0.05, 0) is 25.8 Å². The molecule has 0 aromatic heterocycles. The summed E-state index contributed by atoms with van der Waals surface area (Å²) in [6, 6.07) is 0.715. The van der Waals surface area contributed by atoms with Crippen LogP contribution in [-0.2, 0) is 9.47 Å². The molecule has 1 unspecified atom stereocenters. The summed E-state index contributed by atoms with van der Waals surface area (Å²) in [5.41, 5.74) is 6.49. The molecule has 3 rings (SSSR count). The van der Waals surface area contributed by atoms with Crippen molar-refractivity contribution in [3.63, 3.8) is 0 Å². The predicted molar refractivity (Wildman–Crippen MR) is 74.2 cm³/mol. The molecule has 3 aliphatic rings. The Kier molecular flexibility index (Phi) is 4.39. The van der Waals surface area contributed by atoms with Gasteiger partial charge in [0, 0.05) is 51.0 Å². The van der Waals surface area contributed by atoms with Crippen LogP contribution in [0.15, 0.2) is 0 Å². The van der Waals surface area contributed by atoms with E-state index >= 15 is 0 Å². The lowest BCUT2D eigenvalue weighted by molar-refractivity contribution is 0.0158. The zero-order chi connectivity index (χ0) is 13.1. The second-order valence-electron chi connectivity index (χ2n) is 6.30. The van der Waals surface area contributed by atoms with Gasteiger partial charge in [0.2, 0.25) is 0 Å². The van der Waals surface area contributed by atoms with E-state index in [1.807, 2.05) is 0 Å². The molecule has 0 aromatic carbocycles. The molecular weight excluding hydrogens is 242 g/mol. The molecule has 1 atom stereocenters. The van der Waals surface area contributed by atoms with Crippen molar-refractivity contribution >= 4 is 0 Å².